The number of carboxylic acid groups (broad SMARTS) is 1. The van der Waals surface area contributed by atoms with Gasteiger partial charge in [0.2, 0.25) is 0 Å². The van der Waals surface area contributed by atoms with E-state index in [0.29, 0.717) is 0 Å². The Labute approximate surface area is 107 Å². The fraction of sp³-hybridized carbons (Fsp3) is 0.833. The summed E-state index contributed by atoms with van der Waals surface area (Å²) in [4.78, 5) is 22.5. The summed E-state index contributed by atoms with van der Waals surface area (Å²) < 4.78 is 4.90. The van der Waals surface area contributed by atoms with E-state index in [4.69, 9.17) is 14.9 Å². The van der Waals surface area contributed by atoms with E-state index < -0.39 is 28.9 Å². The largest absolute Gasteiger partial charge is 0.480 e. The van der Waals surface area contributed by atoms with Crippen LogP contribution in [0.15, 0.2) is 0 Å². The average Bonchev–Trinajstić information content (AvgIpc) is 2.21. The number of hydrogen-bond donors (Lipinski definition) is 3. The van der Waals surface area contributed by atoms with E-state index in [9.17, 15) is 9.59 Å². The minimum atomic E-state index is -1.11. The number of carbonyl (C=O) groups excluding carboxylic acids is 1. The maximum absolute atomic E-state index is 11.5. The highest BCUT2D eigenvalue weighted by Gasteiger charge is 2.33. The van der Waals surface area contributed by atoms with E-state index in [1.54, 1.807) is 34.6 Å². The number of amides is 1. The van der Waals surface area contributed by atoms with Crippen molar-refractivity contribution in [1.82, 2.24) is 5.32 Å². The van der Waals surface area contributed by atoms with Crippen molar-refractivity contribution in [3.05, 3.63) is 0 Å². The van der Waals surface area contributed by atoms with Crippen LogP contribution in [-0.2, 0) is 9.53 Å². The molecule has 0 aliphatic carbocycles. The van der Waals surface area contributed by atoms with Crippen molar-refractivity contribution in [1.29, 1.82) is 0 Å². The second-order valence-electron chi connectivity index (χ2n) is 6.18. The monoisotopic (exact) mass is 261 g/mol. The number of carbonyl (C=O) groups is 2. The SMILES string of the molecule is CC(C)(CO)COC(=O)NC(C(=O)O)C(C)(C)C. The van der Waals surface area contributed by atoms with Gasteiger partial charge in [-0.15, -0.1) is 0 Å². The first kappa shape index (κ1) is 16.7. The van der Waals surface area contributed by atoms with Gasteiger partial charge in [-0.2, -0.15) is 0 Å². The number of hydrogen-bond acceptors (Lipinski definition) is 4. The number of nitrogens with one attached hydrogen (secondary N) is 1. The predicted octanol–water partition coefficient (Wildman–Crippen LogP) is 1.23. The van der Waals surface area contributed by atoms with Crippen LogP contribution >= 0.6 is 0 Å². The zero-order chi connectivity index (χ0) is 14.6. The molecule has 1 amide bonds. The Kier molecular flexibility index (Phi) is 5.60. The van der Waals surface area contributed by atoms with Gasteiger partial charge in [-0.1, -0.05) is 34.6 Å². The fourth-order valence-electron chi connectivity index (χ4n) is 1.11. The molecule has 0 heterocycles. The summed E-state index contributed by atoms with van der Waals surface area (Å²) in [5.41, 5.74) is -1.16. The molecule has 0 aromatic heterocycles. The standard InChI is InChI=1S/C12H23NO5/c1-11(2,3)8(9(15)16)13-10(17)18-7-12(4,5)6-14/h8,14H,6-7H2,1-5H3,(H,13,17)(H,15,16). The van der Waals surface area contributed by atoms with E-state index in [1.807, 2.05) is 0 Å². The van der Waals surface area contributed by atoms with Gasteiger partial charge in [0.05, 0.1) is 6.61 Å². The van der Waals surface area contributed by atoms with Crippen LogP contribution in [0.3, 0.4) is 0 Å². The molecule has 0 rings (SSSR count). The molecule has 0 bridgehead atoms. The molecule has 0 fully saturated rings. The van der Waals surface area contributed by atoms with Gasteiger partial charge >= 0.3 is 12.1 Å². The summed E-state index contributed by atoms with van der Waals surface area (Å²) in [7, 11) is 0. The number of carboxylic acids is 1. The van der Waals surface area contributed by atoms with Crippen LogP contribution in [-0.4, -0.2) is 41.5 Å². The summed E-state index contributed by atoms with van der Waals surface area (Å²) in [5.74, 6) is -1.11. The Balaban J connectivity index is 4.42. The third kappa shape index (κ3) is 5.86. The van der Waals surface area contributed by atoms with E-state index in [0.717, 1.165) is 0 Å². The predicted molar refractivity (Wildman–Crippen MR) is 66.2 cm³/mol. The van der Waals surface area contributed by atoms with Gasteiger partial charge in [0.15, 0.2) is 0 Å². The number of rotatable bonds is 5. The van der Waals surface area contributed by atoms with Gasteiger partial charge in [0, 0.05) is 5.41 Å². The Morgan fingerprint density at radius 2 is 1.72 bits per heavy atom. The molecule has 3 N–H and O–H groups in total. The minimum absolute atomic E-state index is 0.0197. The second kappa shape index (κ2) is 6.04. The molecule has 0 saturated heterocycles. The fourth-order valence-corrected chi connectivity index (χ4v) is 1.11. The lowest BCUT2D eigenvalue weighted by molar-refractivity contribution is -0.142. The normalized spacial score (nSPS) is 13.9. The van der Waals surface area contributed by atoms with Gasteiger partial charge in [0.1, 0.15) is 12.6 Å². The Bertz CT molecular complexity index is 306. The summed E-state index contributed by atoms with van der Waals surface area (Å²) in [6.07, 6.45) is -0.793. The zero-order valence-corrected chi connectivity index (χ0v) is 11.6. The number of aliphatic hydroxyl groups is 1. The molecule has 18 heavy (non-hydrogen) atoms. The lowest BCUT2D eigenvalue weighted by Gasteiger charge is -2.28. The molecule has 0 aliphatic heterocycles. The highest BCUT2D eigenvalue weighted by molar-refractivity contribution is 5.80. The van der Waals surface area contributed by atoms with Crippen LogP contribution in [0.5, 0.6) is 0 Å². The van der Waals surface area contributed by atoms with Crippen LogP contribution in [0, 0.1) is 10.8 Å². The van der Waals surface area contributed by atoms with Gasteiger partial charge in [0.25, 0.3) is 0 Å². The third-order valence-corrected chi connectivity index (χ3v) is 2.40. The van der Waals surface area contributed by atoms with Crippen LogP contribution in [0.25, 0.3) is 0 Å². The summed E-state index contributed by atoms with van der Waals surface area (Å²) in [6, 6.07) is -1.03. The summed E-state index contributed by atoms with van der Waals surface area (Å²) >= 11 is 0. The minimum Gasteiger partial charge on any atom is -0.480 e. The Morgan fingerprint density at radius 1 is 1.22 bits per heavy atom. The van der Waals surface area contributed by atoms with Gasteiger partial charge in [-0.3, -0.25) is 0 Å². The maximum Gasteiger partial charge on any atom is 0.407 e. The van der Waals surface area contributed by atoms with Gasteiger partial charge < -0.3 is 20.3 Å². The molecule has 1 unspecified atom stereocenters. The molecular weight excluding hydrogens is 238 g/mol. The molecule has 0 radical (unpaired) electrons. The third-order valence-electron chi connectivity index (χ3n) is 2.40. The molecule has 0 aromatic carbocycles. The number of aliphatic hydroxyl groups excluding tert-OH is 1. The Hall–Kier alpha value is -1.30. The molecule has 0 aliphatic rings. The number of ether oxygens (including phenoxy) is 1. The van der Waals surface area contributed by atoms with E-state index >= 15 is 0 Å². The van der Waals surface area contributed by atoms with E-state index in [-0.39, 0.29) is 13.2 Å². The van der Waals surface area contributed by atoms with Crippen molar-refractivity contribution in [2.75, 3.05) is 13.2 Å². The van der Waals surface area contributed by atoms with E-state index in [2.05, 4.69) is 5.32 Å². The molecule has 0 saturated carbocycles. The second-order valence-corrected chi connectivity index (χ2v) is 6.18. The van der Waals surface area contributed by atoms with Gasteiger partial charge in [-0.05, 0) is 5.41 Å². The van der Waals surface area contributed by atoms with Crippen LogP contribution in [0.2, 0.25) is 0 Å². The number of aliphatic carboxylic acids is 1. The van der Waals surface area contributed by atoms with Gasteiger partial charge in [-0.25, -0.2) is 9.59 Å². The van der Waals surface area contributed by atoms with E-state index in [1.165, 1.54) is 0 Å². The quantitative estimate of drug-likeness (QED) is 0.691. The average molecular weight is 261 g/mol. The van der Waals surface area contributed by atoms with Crippen molar-refractivity contribution >= 4 is 12.1 Å². The summed E-state index contributed by atoms with van der Waals surface area (Å²) in [6.45, 7) is 8.50. The Morgan fingerprint density at radius 3 is 2.06 bits per heavy atom. The topological polar surface area (TPSA) is 95.9 Å². The molecule has 0 spiro atoms. The molecule has 0 aromatic rings. The lowest BCUT2D eigenvalue weighted by atomic mass is 9.87. The van der Waals surface area contributed by atoms with Crippen molar-refractivity contribution < 1.29 is 24.5 Å². The first-order valence-corrected chi connectivity index (χ1v) is 5.76. The van der Waals surface area contributed by atoms with Crippen molar-refractivity contribution in [2.24, 2.45) is 10.8 Å². The highest BCUT2D eigenvalue weighted by Crippen LogP contribution is 2.20. The molecule has 6 heteroatoms. The number of alkyl carbamates (subject to hydrolysis) is 1. The highest BCUT2D eigenvalue weighted by atomic mass is 16.5. The van der Waals surface area contributed by atoms with Crippen molar-refractivity contribution in [2.45, 2.75) is 40.7 Å². The first-order chi connectivity index (χ1) is 7.99. The summed E-state index contributed by atoms with van der Waals surface area (Å²) in [5, 5.41) is 20.3. The van der Waals surface area contributed by atoms with Crippen LogP contribution in [0.4, 0.5) is 4.79 Å². The maximum atomic E-state index is 11.5. The zero-order valence-electron chi connectivity index (χ0n) is 11.6. The first-order valence-electron chi connectivity index (χ1n) is 5.76. The smallest absolute Gasteiger partial charge is 0.407 e. The van der Waals surface area contributed by atoms with Crippen LogP contribution in [0.1, 0.15) is 34.6 Å². The molecule has 106 valence electrons. The molecule has 6 nitrogen and oxygen atoms in total. The molecular formula is C12H23NO5. The van der Waals surface area contributed by atoms with Crippen LogP contribution < -0.4 is 5.32 Å². The molecule has 1 atom stereocenters. The lowest BCUT2D eigenvalue weighted by Crippen LogP contribution is -2.49. The van der Waals surface area contributed by atoms with Crippen molar-refractivity contribution in [3.8, 4) is 0 Å². The van der Waals surface area contributed by atoms with Crippen molar-refractivity contribution in [3.63, 3.8) is 0 Å².